The molecule has 0 saturated carbocycles. The van der Waals surface area contributed by atoms with Gasteiger partial charge in [0, 0.05) is 12.7 Å². The number of carbonyl (C=O) groups is 2. The van der Waals surface area contributed by atoms with Gasteiger partial charge < -0.3 is 15.5 Å². The van der Waals surface area contributed by atoms with Crippen LogP contribution in [0.4, 0.5) is 5.69 Å². The monoisotopic (exact) mass is 325 g/mol. The van der Waals surface area contributed by atoms with Crippen molar-refractivity contribution < 1.29 is 9.59 Å². The molecular formula is C16H24ClN3O2. The molecule has 1 atom stereocenters. The number of likely N-dealkylation sites (N-methyl/N-ethyl adjacent to an activating group) is 1. The quantitative estimate of drug-likeness (QED) is 0.890. The first-order valence-corrected chi connectivity index (χ1v) is 7.37. The van der Waals surface area contributed by atoms with Gasteiger partial charge in [0.1, 0.15) is 0 Å². The largest absolute Gasteiger partial charge is 0.335 e. The Bertz CT molecular complexity index is 501. The third kappa shape index (κ3) is 4.71. The SMILES string of the molecule is CN(CC(=O)Nc1ccccc1)C(=O)C1(C)CCCCN1.Cl. The van der Waals surface area contributed by atoms with E-state index in [2.05, 4.69) is 10.6 Å². The number of amides is 2. The molecule has 122 valence electrons. The van der Waals surface area contributed by atoms with Gasteiger partial charge in [0.05, 0.1) is 12.1 Å². The molecule has 22 heavy (non-hydrogen) atoms. The highest BCUT2D eigenvalue weighted by Gasteiger charge is 2.36. The molecule has 2 amide bonds. The predicted octanol–water partition coefficient (Wildman–Crippen LogP) is 2.04. The fraction of sp³-hybridized carbons (Fsp3) is 0.500. The zero-order chi connectivity index (χ0) is 15.3. The van der Waals surface area contributed by atoms with Crippen LogP contribution >= 0.6 is 12.4 Å². The van der Waals surface area contributed by atoms with E-state index in [0.29, 0.717) is 0 Å². The van der Waals surface area contributed by atoms with Crippen LogP contribution in [0.2, 0.25) is 0 Å². The maximum absolute atomic E-state index is 12.5. The minimum Gasteiger partial charge on any atom is -0.335 e. The van der Waals surface area contributed by atoms with E-state index in [1.165, 1.54) is 4.90 Å². The first-order chi connectivity index (χ1) is 10.0. The highest BCUT2D eigenvalue weighted by molar-refractivity contribution is 5.96. The molecule has 5 nitrogen and oxygen atoms in total. The van der Waals surface area contributed by atoms with Crippen molar-refractivity contribution in [2.24, 2.45) is 0 Å². The van der Waals surface area contributed by atoms with Gasteiger partial charge in [-0.15, -0.1) is 12.4 Å². The summed E-state index contributed by atoms with van der Waals surface area (Å²) in [6.07, 6.45) is 2.96. The predicted molar refractivity (Wildman–Crippen MR) is 90.2 cm³/mol. The lowest BCUT2D eigenvalue weighted by Gasteiger charge is -2.36. The van der Waals surface area contributed by atoms with Crippen LogP contribution in [0.25, 0.3) is 0 Å². The number of halogens is 1. The average molecular weight is 326 g/mol. The second-order valence-electron chi connectivity index (χ2n) is 5.79. The van der Waals surface area contributed by atoms with Gasteiger partial charge in [0.25, 0.3) is 0 Å². The van der Waals surface area contributed by atoms with Crippen LogP contribution in [-0.4, -0.2) is 42.4 Å². The molecule has 0 spiro atoms. The van der Waals surface area contributed by atoms with E-state index >= 15 is 0 Å². The summed E-state index contributed by atoms with van der Waals surface area (Å²) in [5, 5.41) is 6.07. The van der Waals surface area contributed by atoms with E-state index < -0.39 is 5.54 Å². The summed E-state index contributed by atoms with van der Waals surface area (Å²) in [5.41, 5.74) is 0.199. The molecule has 1 saturated heterocycles. The third-order valence-corrected chi connectivity index (χ3v) is 3.88. The summed E-state index contributed by atoms with van der Waals surface area (Å²) in [5.74, 6) is -0.207. The Balaban J connectivity index is 0.00000242. The van der Waals surface area contributed by atoms with E-state index in [1.54, 1.807) is 7.05 Å². The maximum Gasteiger partial charge on any atom is 0.243 e. The van der Waals surface area contributed by atoms with Crippen LogP contribution in [0, 0.1) is 0 Å². The summed E-state index contributed by atoms with van der Waals surface area (Å²) < 4.78 is 0. The minimum atomic E-state index is -0.542. The molecule has 6 heteroatoms. The van der Waals surface area contributed by atoms with E-state index in [9.17, 15) is 9.59 Å². The minimum absolute atomic E-state index is 0. The Morgan fingerprint density at radius 3 is 2.55 bits per heavy atom. The summed E-state index contributed by atoms with van der Waals surface area (Å²) >= 11 is 0. The topological polar surface area (TPSA) is 61.4 Å². The average Bonchev–Trinajstić information content (AvgIpc) is 2.48. The van der Waals surface area contributed by atoms with Gasteiger partial charge in [0.2, 0.25) is 11.8 Å². The Hall–Kier alpha value is -1.59. The number of nitrogens with one attached hydrogen (secondary N) is 2. The van der Waals surface area contributed by atoms with Crippen LogP contribution in [0.1, 0.15) is 26.2 Å². The second-order valence-corrected chi connectivity index (χ2v) is 5.79. The van der Waals surface area contributed by atoms with Crippen molar-refractivity contribution in [2.75, 3.05) is 25.5 Å². The summed E-state index contributed by atoms with van der Waals surface area (Å²) in [4.78, 5) is 26.0. The van der Waals surface area contributed by atoms with E-state index in [1.807, 2.05) is 37.3 Å². The number of benzene rings is 1. The van der Waals surface area contributed by atoms with Crippen molar-refractivity contribution in [1.29, 1.82) is 0 Å². The van der Waals surface area contributed by atoms with Crippen LogP contribution in [0.3, 0.4) is 0 Å². The Morgan fingerprint density at radius 1 is 1.27 bits per heavy atom. The lowest BCUT2D eigenvalue weighted by molar-refractivity contribution is -0.139. The van der Waals surface area contributed by atoms with Gasteiger partial charge in [-0.05, 0) is 44.9 Å². The lowest BCUT2D eigenvalue weighted by Crippen LogP contribution is -2.58. The molecule has 1 unspecified atom stereocenters. The Morgan fingerprint density at radius 2 is 1.95 bits per heavy atom. The molecule has 1 aromatic rings. The van der Waals surface area contributed by atoms with Gasteiger partial charge in [-0.3, -0.25) is 9.59 Å². The molecular weight excluding hydrogens is 302 g/mol. The van der Waals surface area contributed by atoms with Crippen LogP contribution in [-0.2, 0) is 9.59 Å². The van der Waals surface area contributed by atoms with Gasteiger partial charge >= 0.3 is 0 Å². The fourth-order valence-corrected chi connectivity index (χ4v) is 2.67. The highest BCUT2D eigenvalue weighted by Crippen LogP contribution is 2.20. The molecule has 1 heterocycles. The third-order valence-electron chi connectivity index (χ3n) is 3.88. The Kier molecular flexibility index (Phi) is 6.84. The summed E-state index contributed by atoms with van der Waals surface area (Å²) in [6.45, 7) is 2.83. The molecule has 1 aliphatic rings. The first-order valence-electron chi connectivity index (χ1n) is 7.37. The number of para-hydroxylation sites is 1. The number of piperidine rings is 1. The smallest absolute Gasteiger partial charge is 0.243 e. The number of hydrogen-bond acceptors (Lipinski definition) is 3. The van der Waals surface area contributed by atoms with Crippen molar-refractivity contribution >= 4 is 29.9 Å². The van der Waals surface area contributed by atoms with Crippen molar-refractivity contribution in [2.45, 2.75) is 31.7 Å². The molecule has 0 aliphatic carbocycles. The molecule has 0 radical (unpaired) electrons. The van der Waals surface area contributed by atoms with Crippen LogP contribution in [0.15, 0.2) is 30.3 Å². The van der Waals surface area contributed by atoms with E-state index in [-0.39, 0.29) is 30.8 Å². The molecule has 1 fully saturated rings. The molecule has 2 N–H and O–H groups in total. The molecule has 0 bridgehead atoms. The molecule has 2 rings (SSSR count). The lowest BCUT2D eigenvalue weighted by atomic mass is 9.89. The van der Waals surface area contributed by atoms with Gasteiger partial charge in [-0.1, -0.05) is 18.2 Å². The summed E-state index contributed by atoms with van der Waals surface area (Å²) in [6, 6.07) is 9.25. The van der Waals surface area contributed by atoms with Gasteiger partial charge in [-0.25, -0.2) is 0 Å². The molecule has 0 aromatic heterocycles. The number of anilines is 1. The number of carbonyl (C=O) groups excluding carboxylic acids is 2. The van der Waals surface area contributed by atoms with Crippen molar-refractivity contribution in [3.63, 3.8) is 0 Å². The van der Waals surface area contributed by atoms with Gasteiger partial charge in [-0.2, -0.15) is 0 Å². The van der Waals surface area contributed by atoms with Crippen molar-refractivity contribution in [3.05, 3.63) is 30.3 Å². The fourth-order valence-electron chi connectivity index (χ4n) is 2.67. The van der Waals surface area contributed by atoms with E-state index in [0.717, 1.165) is 31.5 Å². The van der Waals surface area contributed by atoms with Crippen molar-refractivity contribution in [1.82, 2.24) is 10.2 Å². The normalized spacial score (nSPS) is 20.6. The molecule has 1 aliphatic heterocycles. The Labute approximate surface area is 137 Å². The van der Waals surface area contributed by atoms with Crippen LogP contribution in [0.5, 0.6) is 0 Å². The standard InChI is InChI=1S/C16H23N3O2.ClH/c1-16(10-6-7-11-17-16)15(21)19(2)12-14(20)18-13-8-4-3-5-9-13;/h3-5,8-9,17H,6-7,10-12H2,1-2H3,(H,18,20);1H. The second kappa shape index (κ2) is 8.15. The zero-order valence-corrected chi connectivity index (χ0v) is 13.9. The number of rotatable bonds is 4. The van der Waals surface area contributed by atoms with Gasteiger partial charge in [0.15, 0.2) is 0 Å². The van der Waals surface area contributed by atoms with Crippen molar-refractivity contribution in [3.8, 4) is 0 Å². The molecule has 1 aromatic carbocycles. The summed E-state index contributed by atoms with van der Waals surface area (Å²) in [7, 11) is 1.68. The van der Waals surface area contributed by atoms with Crippen LogP contribution < -0.4 is 10.6 Å². The zero-order valence-electron chi connectivity index (χ0n) is 13.1. The number of hydrogen-bond donors (Lipinski definition) is 2. The number of nitrogens with zero attached hydrogens (tertiary/aromatic N) is 1. The maximum atomic E-state index is 12.5. The first kappa shape index (κ1) is 18.5. The van der Waals surface area contributed by atoms with E-state index in [4.69, 9.17) is 0 Å². The highest BCUT2D eigenvalue weighted by atomic mass is 35.5.